The second-order valence-corrected chi connectivity index (χ2v) is 8.38. The zero-order valence-corrected chi connectivity index (χ0v) is 16.6. The lowest BCUT2D eigenvalue weighted by Gasteiger charge is -2.23. The molecule has 1 fully saturated rings. The first-order valence-electron chi connectivity index (χ1n) is 10.5. The van der Waals surface area contributed by atoms with Crippen LogP contribution in [-0.2, 0) is 4.79 Å². The molecule has 4 nitrogen and oxygen atoms in total. The van der Waals surface area contributed by atoms with Gasteiger partial charge in [-0.1, -0.05) is 49.6 Å². The van der Waals surface area contributed by atoms with E-state index in [-0.39, 0.29) is 18.4 Å². The highest BCUT2D eigenvalue weighted by Gasteiger charge is 2.43. The SMILES string of the molecule is C=CC(O)(CC=C[C@H]1[C@H]2CC(CCCCC(=O)O)=C[C@H]2C[C@H]1O)CCCC. The Kier molecular flexibility index (Phi) is 8.30. The normalized spacial score (nSPS) is 29.5. The maximum Gasteiger partial charge on any atom is 0.303 e. The van der Waals surface area contributed by atoms with E-state index in [2.05, 4.69) is 25.7 Å². The third kappa shape index (κ3) is 6.32. The molecule has 27 heavy (non-hydrogen) atoms. The Labute approximate surface area is 163 Å². The first kappa shape index (κ1) is 21.9. The third-order valence-electron chi connectivity index (χ3n) is 6.26. The van der Waals surface area contributed by atoms with Crippen molar-refractivity contribution in [3.63, 3.8) is 0 Å². The molecule has 0 amide bonds. The van der Waals surface area contributed by atoms with Gasteiger partial charge in [-0.3, -0.25) is 4.79 Å². The summed E-state index contributed by atoms with van der Waals surface area (Å²) in [6, 6.07) is 0. The molecule has 0 spiro atoms. The summed E-state index contributed by atoms with van der Waals surface area (Å²) < 4.78 is 0. The van der Waals surface area contributed by atoms with Crippen molar-refractivity contribution in [1.29, 1.82) is 0 Å². The quantitative estimate of drug-likeness (QED) is 0.343. The van der Waals surface area contributed by atoms with Crippen LogP contribution in [0, 0.1) is 17.8 Å². The van der Waals surface area contributed by atoms with Gasteiger partial charge in [0, 0.05) is 12.3 Å². The molecule has 2 aliphatic rings. The molecule has 0 aromatic carbocycles. The van der Waals surface area contributed by atoms with Gasteiger partial charge in [0.1, 0.15) is 0 Å². The van der Waals surface area contributed by atoms with Crippen molar-refractivity contribution < 1.29 is 20.1 Å². The van der Waals surface area contributed by atoms with Gasteiger partial charge in [0.15, 0.2) is 0 Å². The van der Waals surface area contributed by atoms with Crippen molar-refractivity contribution in [2.75, 3.05) is 0 Å². The summed E-state index contributed by atoms with van der Waals surface area (Å²) >= 11 is 0. The van der Waals surface area contributed by atoms with Gasteiger partial charge >= 0.3 is 5.97 Å². The molecule has 152 valence electrons. The zero-order chi connectivity index (χ0) is 19.9. The van der Waals surface area contributed by atoms with Crippen molar-refractivity contribution in [2.24, 2.45) is 17.8 Å². The van der Waals surface area contributed by atoms with Gasteiger partial charge in [-0.25, -0.2) is 0 Å². The van der Waals surface area contributed by atoms with Gasteiger partial charge in [0.2, 0.25) is 0 Å². The summed E-state index contributed by atoms with van der Waals surface area (Å²) in [6.07, 6.45) is 15.8. The minimum atomic E-state index is -0.849. The highest BCUT2D eigenvalue weighted by atomic mass is 16.4. The molecule has 0 radical (unpaired) electrons. The summed E-state index contributed by atoms with van der Waals surface area (Å²) in [5.41, 5.74) is 0.574. The van der Waals surface area contributed by atoms with Crippen LogP contribution in [0.15, 0.2) is 36.5 Å². The lowest BCUT2D eigenvalue weighted by molar-refractivity contribution is -0.137. The fourth-order valence-corrected chi connectivity index (χ4v) is 4.62. The van der Waals surface area contributed by atoms with Crippen LogP contribution in [0.25, 0.3) is 0 Å². The van der Waals surface area contributed by atoms with Crippen LogP contribution in [0.4, 0.5) is 0 Å². The molecule has 0 aromatic heterocycles. The van der Waals surface area contributed by atoms with E-state index >= 15 is 0 Å². The predicted molar refractivity (Wildman–Crippen MR) is 108 cm³/mol. The van der Waals surface area contributed by atoms with Crippen LogP contribution in [0.3, 0.4) is 0 Å². The molecule has 2 aliphatic carbocycles. The number of aliphatic hydroxyl groups excluding tert-OH is 1. The summed E-state index contributed by atoms with van der Waals surface area (Å²) in [6.45, 7) is 5.89. The first-order valence-corrected chi connectivity index (χ1v) is 10.5. The molecule has 3 N–H and O–H groups in total. The molecule has 0 aliphatic heterocycles. The molecule has 4 heteroatoms. The number of hydrogen-bond donors (Lipinski definition) is 3. The lowest BCUT2D eigenvalue weighted by Crippen LogP contribution is -2.24. The van der Waals surface area contributed by atoms with E-state index < -0.39 is 11.6 Å². The Morgan fingerprint density at radius 2 is 2.15 bits per heavy atom. The summed E-state index contributed by atoms with van der Waals surface area (Å²) in [5.74, 6) is 0.294. The number of allylic oxidation sites excluding steroid dienone is 2. The van der Waals surface area contributed by atoms with Gasteiger partial charge < -0.3 is 15.3 Å². The molecular formula is C23H36O4. The van der Waals surface area contributed by atoms with Crippen LogP contribution in [0.1, 0.15) is 71.1 Å². The Balaban J connectivity index is 1.85. The number of carboxylic acids is 1. The summed E-state index contributed by atoms with van der Waals surface area (Å²) in [4.78, 5) is 10.6. The number of aliphatic hydroxyl groups is 2. The number of fused-ring (bicyclic) bond motifs is 1. The summed E-state index contributed by atoms with van der Waals surface area (Å²) in [5, 5.41) is 29.8. The fourth-order valence-electron chi connectivity index (χ4n) is 4.62. The van der Waals surface area contributed by atoms with Crippen LogP contribution >= 0.6 is 0 Å². The Bertz CT molecular complexity index is 565. The second-order valence-electron chi connectivity index (χ2n) is 8.38. The molecule has 0 heterocycles. The topological polar surface area (TPSA) is 77.8 Å². The average molecular weight is 377 g/mol. The Morgan fingerprint density at radius 3 is 2.81 bits per heavy atom. The van der Waals surface area contributed by atoms with Crippen molar-refractivity contribution in [2.45, 2.75) is 82.8 Å². The maximum atomic E-state index is 10.6. The van der Waals surface area contributed by atoms with Crippen molar-refractivity contribution in [3.8, 4) is 0 Å². The minimum absolute atomic E-state index is 0.142. The van der Waals surface area contributed by atoms with Crippen LogP contribution < -0.4 is 0 Å². The molecule has 5 atom stereocenters. The lowest BCUT2D eigenvalue weighted by atomic mass is 9.87. The smallest absolute Gasteiger partial charge is 0.303 e. The maximum absolute atomic E-state index is 10.6. The molecule has 1 unspecified atom stereocenters. The molecule has 0 aromatic rings. The van der Waals surface area contributed by atoms with Crippen molar-refractivity contribution in [1.82, 2.24) is 0 Å². The highest BCUT2D eigenvalue weighted by molar-refractivity contribution is 5.66. The zero-order valence-electron chi connectivity index (χ0n) is 16.6. The first-order chi connectivity index (χ1) is 12.9. The number of aliphatic carboxylic acids is 1. The van der Waals surface area contributed by atoms with Crippen molar-refractivity contribution in [3.05, 3.63) is 36.5 Å². The summed E-state index contributed by atoms with van der Waals surface area (Å²) in [7, 11) is 0. The Morgan fingerprint density at radius 1 is 1.37 bits per heavy atom. The van der Waals surface area contributed by atoms with E-state index in [0.717, 1.165) is 51.4 Å². The van der Waals surface area contributed by atoms with E-state index in [0.29, 0.717) is 18.3 Å². The number of carbonyl (C=O) groups is 1. The average Bonchev–Trinajstić information content (AvgIpc) is 3.14. The minimum Gasteiger partial charge on any atom is -0.481 e. The molecule has 0 saturated heterocycles. The number of unbranched alkanes of at least 4 members (excludes halogenated alkanes) is 2. The second kappa shape index (κ2) is 10.2. The van der Waals surface area contributed by atoms with Gasteiger partial charge in [0.05, 0.1) is 11.7 Å². The van der Waals surface area contributed by atoms with Crippen LogP contribution in [0.2, 0.25) is 0 Å². The number of carboxylic acid groups (broad SMARTS) is 1. The van der Waals surface area contributed by atoms with Crippen LogP contribution in [0.5, 0.6) is 0 Å². The largest absolute Gasteiger partial charge is 0.481 e. The monoisotopic (exact) mass is 376 g/mol. The van der Waals surface area contributed by atoms with E-state index in [1.54, 1.807) is 6.08 Å². The predicted octanol–water partition coefficient (Wildman–Crippen LogP) is 4.63. The van der Waals surface area contributed by atoms with E-state index in [1.807, 2.05) is 6.08 Å². The van der Waals surface area contributed by atoms with E-state index in [9.17, 15) is 15.0 Å². The van der Waals surface area contributed by atoms with Crippen molar-refractivity contribution >= 4 is 5.97 Å². The molecular weight excluding hydrogens is 340 g/mol. The Hall–Kier alpha value is -1.39. The molecule has 0 bridgehead atoms. The number of hydrogen-bond acceptors (Lipinski definition) is 3. The highest BCUT2D eigenvalue weighted by Crippen LogP contribution is 2.48. The standard InChI is InChI=1S/C23H36O4/c1-3-5-12-23(27,4-2)13-8-10-19-20-15-17(9-6-7-11-22(25)26)14-18(20)16-21(19)24/h4,8,10,14,18-21,24,27H,2-3,5-7,9,11-13,15-16H2,1H3,(H,25,26)/t18-,19-,20-,21+,23?/m0/s1. The van der Waals surface area contributed by atoms with Gasteiger partial charge in [-0.05, 0) is 56.8 Å². The molecule has 1 saturated carbocycles. The van der Waals surface area contributed by atoms with E-state index in [4.69, 9.17) is 5.11 Å². The third-order valence-corrected chi connectivity index (χ3v) is 6.26. The van der Waals surface area contributed by atoms with Crippen LogP contribution in [-0.4, -0.2) is 33.0 Å². The van der Waals surface area contributed by atoms with Gasteiger partial charge in [-0.2, -0.15) is 0 Å². The van der Waals surface area contributed by atoms with Gasteiger partial charge in [0.25, 0.3) is 0 Å². The fraction of sp³-hybridized carbons (Fsp3) is 0.696. The molecule has 2 rings (SSSR count). The number of rotatable bonds is 12. The van der Waals surface area contributed by atoms with Gasteiger partial charge in [-0.15, -0.1) is 6.58 Å². The van der Waals surface area contributed by atoms with E-state index in [1.165, 1.54) is 5.57 Å².